The highest BCUT2D eigenvalue weighted by Crippen LogP contribution is 2.77. The molecule has 3 aliphatic carbocycles. The van der Waals surface area contributed by atoms with Gasteiger partial charge in [-0.05, 0) is 36.0 Å². The van der Waals surface area contributed by atoms with Crippen LogP contribution in [0.15, 0.2) is 12.2 Å². The average molecular weight is 262 g/mol. The molecule has 0 saturated heterocycles. The van der Waals surface area contributed by atoms with Gasteiger partial charge < -0.3 is 4.74 Å². The Hall–Kier alpha value is -0.790. The lowest BCUT2D eigenvalue weighted by Gasteiger charge is -2.48. The third-order valence-corrected chi connectivity index (χ3v) is 7.25. The molecule has 0 aromatic heterocycles. The molecule has 0 N–H and O–H groups in total. The molecule has 106 valence electrons. The largest absolute Gasteiger partial charge is 0.462 e. The van der Waals surface area contributed by atoms with E-state index in [9.17, 15) is 4.79 Å². The summed E-state index contributed by atoms with van der Waals surface area (Å²) in [4.78, 5) is 11.5. The smallest absolute Gasteiger partial charge is 0.302 e. The maximum absolute atomic E-state index is 11.5. The second-order valence-corrected chi connectivity index (χ2v) is 7.74. The molecule has 3 saturated carbocycles. The van der Waals surface area contributed by atoms with E-state index in [4.69, 9.17) is 4.74 Å². The van der Waals surface area contributed by atoms with E-state index in [0.29, 0.717) is 11.3 Å². The van der Waals surface area contributed by atoms with Gasteiger partial charge in [-0.1, -0.05) is 39.3 Å². The molecule has 0 aromatic carbocycles. The van der Waals surface area contributed by atoms with Gasteiger partial charge in [0.2, 0.25) is 0 Å². The fourth-order valence-electron chi connectivity index (χ4n) is 5.80. The van der Waals surface area contributed by atoms with Gasteiger partial charge in [-0.15, -0.1) is 0 Å². The summed E-state index contributed by atoms with van der Waals surface area (Å²) in [6.45, 7) is 13.1. The predicted octanol–water partition coefficient (Wildman–Crippen LogP) is 4.10. The quantitative estimate of drug-likeness (QED) is 0.525. The third kappa shape index (κ3) is 1.35. The van der Waals surface area contributed by atoms with Gasteiger partial charge in [0.25, 0.3) is 0 Å². The molecule has 2 nitrogen and oxygen atoms in total. The van der Waals surface area contributed by atoms with Gasteiger partial charge in [0.15, 0.2) is 0 Å². The van der Waals surface area contributed by atoms with Crippen LogP contribution in [0.2, 0.25) is 0 Å². The van der Waals surface area contributed by atoms with E-state index in [2.05, 4.69) is 27.4 Å². The van der Waals surface area contributed by atoms with Gasteiger partial charge in [0, 0.05) is 18.8 Å². The van der Waals surface area contributed by atoms with E-state index < -0.39 is 0 Å². The summed E-state index contributed by atoms with van der Waals surface area (Å²) in [5.74, 6) is 0.476. The van der Waals surface area contributed by atoms with Gasteiger partial charge in [-0.2, -0.15) is 0 Å². The number of carbonyl (C=O) groups is 1. The lowest BCUT2D eigenvalue weighted by Crippen LogP contribution is -2.47. The molecule has 19 heavy (non-hydrogen) atoms. The summed E-state index contributed by atoms with van der Waals surface area (Å²) in [6, 6.07) is 0. The summed E-state index contributed by atoms with van der Waals surface area (Å²) in [5, 5.41) is 0. The van der Waals surface area contributed by atoms with Crippen LogP contribution in [0, 0.1) is 22.2 Å². The van der Waals surface area contributed by atoms with Gasteiger partial charge in [-0.25, -0.2) is 0 Å². The maximum atomic E-state index is 11.5. The van der Waals surface area contributed by atoms with Crippen molar-refractivity contribution < 1.29 is 9.53 Å². The minimum absolute atomic E-state index is 0.0266. The van der Waals surface area contributed by atoms with Crippen molar-refractivity contribution in [3.05, 3.63) is 12.2 Å². The first-order valence-electron chi connectivity index (χ1n) is 7.59. The second kappa shape index (κ2) is 3.65. The molecule has 0 heterocycles. The van der Waals surface area contributed by atoms with Gasteiger partial charge >= 0.3 is 5.97 Å². The van der Waals surface area contributed by atoms with Crippen LogP contribution in [0.1, 0.15) is 59.8 Å². The zero-order valence-electron chi connectivity index (χ0n) is 12.7. The fourth-order valence-corrected chi connectivity index (χ4v) is 5.80. The van der Waals surface area contributed by atoms with Crippen molar-refractivity contribution in [3.63, 3.8) is 0 Å². The van der Waals surface area contributed by atoms with Crippen LogP contribution in [0.25, 0.3) is 0 Å². The van der Waals surface area contributed by atoms with Crippen molar-refractivity contribution in [1.82, 2.24) is 0 Å². The zero-order valence-corrected chi connectivity index (χ0v) is 12.7. The molecular weight excluding hydrogens is 236 g/mol. The topological polar surface area (TPSA) is 26.3 Å². The maximum Gasteiger partial charge on any atom is 0.302 e. The Morgan fingerprint density at radius 1 is 1.26 bits per heavy atom. The Morgan fingerprint density at radius 3 is 2.58 bits per heavy atom. The Bertz CT molecular complexity index is 454. The summed E-state index contributed by atoms with van der Waals surface area (Å²) < 4.78 is 5.71. The SMILES string of the molecule is C=C1C[C@H](OC(C)=O)[C@]2(C)C[C@H]1[C@]1(C)CCC[C@]21C. The lowest BCUT2D eigenvalue weighted by atomic mass is 9.58. The predicted molar refractivity (Wildman–Crippen MR) is 75.6 cm³/mol. The molecule has 0 amide bonds. The molecule has 0 spiro atoms. The Kier molecular flexibility index (Phi) is 2.54. The number of fused-ring (bicyclic) bond motifs is 5. The number of rotatable bonds is 1. The van der Waals surface area contributed by atoms with Crippen LogP contribution in [-0.4, -0.2) is 12.1 Å². The summed E-state index contributed by atoms with van der Waals surface area (Å²) in [6.07, 6.45) is 5.91. The Morgan fingerprint density at radius 2 is 1.95 bits per heavy atom. The van der Waals surface area contributed by atoms with Gasteiger partial charge in [-0.3, -0.25) is 4.79 Å². The third-order valence-electron chi connectivity index (χ3n) is 7.25. The van der Waals surface area contributed by atoms with Crippen LogP contribution in [0.3, 0.4) is 0 Å². The minimum Gasteiger partial charge on any atom is -0.462 e. The van der Waals surface area contributed by atoms with E-state index in [-0.39, 0.29) is 22.9 Å². The number of carbonyl (C=O) groups excluding carboxylic acids is 1. The molecule has 0 aliphatic heterocycles. The van der Waals surface area contributed by atoms with Gasteiger partial charge in [0.05, 0.1) is 0 Å². The molecule has 0 aromatic rings. The van der Waals surface area contributed by atoms with E-state index in [1.54, 1.807) is 0 Å². The van der Waals surface area contributed by atoms with Crippen LogP contribution in [-0.2, 0) is 9.53 Å². The average Bonchev–Trinajstić information content (AvgIpc) is 2.67. The van der Waals surface area contributed by atoms with Crippen molar-refractivity contribution in [2.75, 3.05) is 0 Å². The molecule has 0 radical (unpaired) electrons. The highest BCUT2D eigenvalue weighted by Gasteiger charge is 2.71. The number of hydrogen-bond acceptors (Lipinski definition) is 2. The summed E-state index contributed by atoms with van der Waals surface area (Å²) in [7, 11) is 0. The standard InChI is InChI=1S/C17H26O2/c1-11-9-14(19-12(2)18)16(4)10-13(11)15(3)7-6-8-17(15,16)5/h13-14H,1,6-10H2,2-5H3/t13-,14+,15+,16+,17+/m1/s1. The van der Waals surface area contributed by atoms with Crippen LogP contribution in [0.5, 0.6) is 0 Å². The van der Waals surface area contributed by atoms with Crippen LogP contribution >= 0.6 is 0 Å². The van der Waals surface area contributed by atoms with Gasteiger partial charge in [0.1, 0.15) is 6.10 Å². The minimum atomic E-state index is -0.146. The Balaban J connectivity index is 2.08. The molecule has 3 aliphatic rings. The van der Waals surface area contributed by atoms with E-state index in [0.717, 1.165) is 12.8 Å². The highest BCUT2D eigenvalue weighted by molar-refractivity contribution is 5.66. The lowest BCUT2D eigenvalue weighted by molar-refractivity contribution is -0.160. The van der Waals surface area contributed by atoms with Crippen molar-refractivity contribution in [1.29, 1.82) is 0 Å². The fraction of sp³-hybridized carbons (Fsp3) is 0.824. The van der Waals surface area contributed by atoms with E-state index in [1.807, 2.05) is 0 Å². The first kappa shape index (κ1) is 13.2. The highest BCUT2D eigenvalue weighted by atomic mass is 16.5. The summed E-state index contributed by atoms with van der Waals surface area (Å²) >= 11 is 0. The molecule has 2 heteroatoms. The van der Waals surface area contributed by atoms with E-state index >= 15 is 0 Å². The van der Waals surface area contributed by atoms with E-state index in [1.165, 1.54) is 31.8 Å². The van der Waals surface area contributed by atoms with Crippen molar-refractivity contribution in [2.24, 2.45) is 22.2 Å². The summed E-state index contributed by atoms with van der Waals surface area (Å²) in [5.41, 5.74) is 2.07. The first-order chi connectivity index (χ1) is 8.74. The molecule has 3 rings (SSSR count). The normalized spacial score (nSPS) is 52.1. The second-order valence-electron chi connectivity index (χ2n) is 7.74. The molecule has 0 unspecified atom stereocenters. The Labute approximate surface area is 116 Å². The molecule has 5 atom stereocenters. The monoisotopic (exact) mass is 262 g/mol. The van der Waals surface area contributed by atoms with Crippen molar-refractivity contribution >= 4 is 5.97 Å². The number of hydrogen-bond donors (Lipinski definition) is 0. The molecule has 2 bridgehead atoms. The zero-order chi connectivity index (χ0) is 14.1. The first-order valence-corrected chi connectivity index (χ1v) is 7.59. The van der Waals surface area contributed by atoms with Crippen LogP contribution in [0.4, 0.5) is 0 Å². The molecular formula is C17H26O2. The van der Waals surface area contributed by atoms with Crippen molar-refractivity contribution in [2.45, 2.75) is 65.9 Å². The number of ether oxygens (including phenoxy) is 1. The van der Waals surface area contributed by atoms with Crippen LogP contribution < -0.4 is 0 Å². The molecule has 3 fully saturated rings. The number of esters is 1. The van der Waals surface area contributed by atoms with Crippen molar-refractivity contribution in [3.8, 4) is 0 Å².